The van der Waals surface area contributed by atoms with Crippen LogP contribution in [0.5, 0.6) is 0 Å². The fourth-order valence-corrected chi connectivity index (χ4v) is 2.69. The van der Waals surface area contributed by atoms with Crippen LogP contribution in [0, 0.1) is 13.8 Å². The molecular formula is C14H12N2O2S. The van der Waals surface area contributed by atoms with E-state index in [1.165, 1.54) is 11.8 Å². The van der Waals surface area contributed by atoms with E-state index in [1.807, 2.05) is 38.1 Å². The Morgan fingerprint density at radius 1 is 1.26 bits per heavy atom. The van der Waals surface area contributed by atoms with E-state index in [4.69, 9.17) is 4.42 Å². The summed E-state index contributed by atoms with van der Waals surface area (Å²) in [5.41, 5.74) is 2.21. The largest absolute Gasteiger partial charge is 0.422 e. The first-order valence-corrected chi connectivity index (χ1v) is 6.69. The van der Waals surface area contributed by atoms with E-state index < -0.39 is 0 Å². The van der Waals surface area contributed by atoms with Crippen LogP contribution >= 0.6 is 11.8 Å². The molecule has 0 saturated heterocycles. The minimum Gasteiger partial charge on any atom is -0.422 e. The van der Waals surface area contributed by atoms with Crippen LogP contribution in [0.15, 0.2) is 49.6 Å². The third-order valence-electron chi connectivity index (χ3n) is 2.92. The molecule has 0 aliphatic heterocycles. The summed E-state index contributed by atoms with van der Waals surface area (Å²) >= 11 is 1.29. The summed E-state index contributed by atoms with van der Waals surface area (Å²) in [5, 5.41) is 1.61. The Morgan fingerprint density at radius 3 is 2.79 bits per heavy atom. The second kappa shape index (κ2) is 4.59. The molecule has 19 heavy (non-hydrogen) atoms. The Balaban J connectivity index is 2.05. The molecule has 1 N–H and O–H groups in total. The van der Waals surface area contributed by atoms with E-state index in [0.717, 1.165) is 16.8 Å². The van der Waals surface area contributed by atoms with Crippen molar-refractivity contribution in [3.8, 4) is 0 Å². The van der Waals surface area contributed by atoms with E-state index >= 15 is 0 Å². The molecule has 3 rings (SSSR count). The lowest BCUT2D eigenvalue weighted by molar-refractivity contribution is 0.543. The summed E-state index contributed by atoms with van der Waals surface area (Å²) in [5.74, 6) is 0. The van der Waals surface area contributed by atoms with Crippen molar-refractivity contribution in [2.24, 2.45) is 0 Å². The summed E-state index contributed by atoms with van der Waals surface area (Å²) < 4.78 is 5.28. The van der Waals surface area contributed by atoms with Crippen molar-refractivity contribution in [2.75, 3.05) is 0 Å². The highest BCUT2D eigenvalue weighted by atomic mass is 32.2. The molecule has 96 valence electrons. The van der Waals surface area contributed by atoms with E-state index in [9.17, 15) is 4.79 Å². The lowest BCUT2D eigenvalue weighted by atomic mass is 10.2. The first-order chi connectivity index (χ1) is 9.13. The van der Waals surface area contributed by atoms with Gasteiger partial charge in [0.25, 0.3) is 0 Å². The Morgan fingerprint density at radius 2 is 2.05 bits per heavy atom. The maximum absolute atomic E-state index is 11.9. The van der Waals surface area contributed by atoms with Crippen molar-refractivity contribution < 1.29 is 4.42 Å². The molecule has 0 aliphatic carbocycles. The molecule has 0 saturated carbocycles. The van der Waals surface area contributed by atoms with Gasteiger partial charge in [0.05, 0.1) is 5.69 Å². The van der Waals surface area contributed by atoms with Crippen LogP contribution in [-0.4, -0.2) is 9.97 Å². The zero-order chi connectivity index (χ0) is 13.4. The maximum atomic E-state index is 11.9. The summed E-state index contributed by atoms with van der Waals surface area (Å²) in [6.45, 7) is 3.88. The number of para-hydroxylation sites is 1. The minimum atomic E-state index is -0.338. The van der Waals surface area contributed by atoms with Crippen LogP contribution in [0.3, 0.4) is 0 Å². The van der Waals surface area contributed by atoms with Gasteiger partial charge in [-0.25, -0.2) is 9.78 Å². The highest BCUT2D eigenvalue weighted by Gasteiger charge is 2.10. The topological polar surface area (TPSA) is 58.9 Å². The Bertz CT molecular complexity index is 785. The van der Waals surface area contributed by atoms with Crippen molar-refractivity contribution in [1.29, 1.82) is 0 Å². The molecule has 0 amide bonds. The Hall–Kier alpha value is -2.01. The van der Waals surface area contributed by atoms with E-state index in [2.05, 4.69) is 9.97 Å². The molecular weight excluding hydrogens is 260 g/mol. The number of aromatic nitrogens is 2. The van der Waals surface area contributed by atoms with Gasteiger partial charge in [0, 0.05) is 11.1 Å². The van der Waals surface area contributed by atoms with Crippen molar-refractivity contribution >= 4 is 22.7 Å². The molecule has 0 aliphatic rings. The van der Waals surface area contributed by atoms with Gasteiger partial charge < -0.3 is 9.40 Å². The van der Waals surface area contributed by atoms with Crippen LogP contribution in [0.2, 0.25) is 0 Å². The van der Waals surface area contributed by atoms with Crippen LogP contribution in [0.4, 0.5) is 0 Å². The van der Waals surface area contributed by atoms with Gasteiger partial charge in [0.2, 0.25) is 0 Å². The number of hydrogen-bond donors (Lipinski definition) is 1. The number of imidazole rings is 1. The second-order valence-corrected chi connectivity index (χ2v) is 5.32. The third kappa shape index (κ3) is 2.29. The first kappa shape index (κ1) is 12.0. The first-order valence-electron chi connectivity index (χ1n) is 5.87. The number of nitrogens with one attached hydrogen (secondary N) is 1. The number of aromatic amines is 1. The SMILES string of the molecule is Cc1nc(Sc2cc3ccccc3oc2=O)[nH]c1C. The number of fused-ring (bicyclic) bond motifs is 1. The zero-order valence-electron chi connectivity index (χ0n) is 10.6. The molecule has 3 aromatic rings. The van der Waals surface area contributed by atoms with Gasteiger partial charge in [-0.1, -0.05) is 18.2 Å². The fourth-order valence-electron chi connectivity index (χ4n) is 1.78. The van der Waals surface area contributed by atoms with E-state index in [-0.39, 0.29) is 5.63 Å². The molecule has 0 fully saturated rings. The quantitative estimate of drug-likeness (QED) is 0.727. The Labute approximate surface area is 113 Å². The number of hydrogen-bond acceptors (Lipinski definition) is 4. The van der Waals surface area contributed by atoms with Crippen LogP contribution in [-0.2, 0) is 0 Å². The average Bonchev–Trinajstić information content (AvgIpc) is 2.69. The molecule has 2 aromatic heterocycles. The number of benzene rings is 1. The van der Waals surface area contributed by atoms with Gasteiger partial charge in [-0.3, -0.25) is 0 Å². The number of rotatable bonds is 2. The van der Waals surface area contributed by atoms with Gasteiger partial charge in [-0.05, 0) is 37.7 Å². The van der Waals surface area contributed by atoms with Crippen LogP contribution in [0.25, 0.3) is 11.0 Å². The van der Waals surface area contributed by atoms with Gasteiger partial charge >= 0.3 is 5.63 Å². The highest BCUT2D eigenvalue weighted by Crippen LogP contribution is 2.25. The predicted molar refractivity (Wildman–Crippen MR) is 74.7 cm³/mol. The van der Waals surface area contributed by atoms with Crippen molar-refractivity contribution in [3.05, 3.63) is 52.1 Å². The van der Waals surface area contributed by atoms with Gasteiger partial charge in [-0.15, -0.1) is 0 Å². The van der Waals surface area contributed by atoms with Gasteiger partial charge in [-0.2, -0.15) is 0 Å². The standard InChI is InChI=1S/C14H12N2O2S/c1-8-9(2)16-14(15-8)19-12-7-10-5-3-4-6-11(10)18-13(12)17/h3-7H,1-2H3,(H,15,16). The molecule has 0 radical (unpaired) electrons. The molecule has 5 heteroatoms. The van der Waals surface area contributed by atoms with Gasteiger partial charge in [0.15, 0.2) is 5.16 Å². The minimum absolute atomic E-state index is 0.338. The molecule has 0 unspecified atom stereocenters. The van der Waals surface area contributed by atoms with Crippen molar-refractivity contribution in [1.82, 2.24) is 9.97 Å². The van der Waals surface area contributed by atoms with Crippen molar-refractivity contribution in [3.63, 3.8) is 0 Å². The zero-order valence-corrected chi connectivity index (χ0v) is 11.4. The van der Waals surface area contributed by atoms with E-state index in [1.54, 1.807) is 6.07 Å². The summed E-state index contributed by atoms with van der Waals surface area (Å²) in [7, 11) is 0. The van der Waals surface area contributed by atoms with E-state index in [0.29, 0.717) is 15.6 Å². The summed E-state index contributed by atoms with van der Waals surface area (Å²) in [6.07, 6.45) is 0. The normalized spacial score (nSPS) is 11.1. The monoisotopic (exact) mass is 272 g/mol. The lowest BCUT2D eigenvalue weighted by Crippen LogP contribution is -2.01. The smallest absolute Gasteiger partial charge is 0.350 e. The lowest BCUT2D eigenvalue weighted by Gasteiger charge is -1.99. The predicted octanol–water partition coefficient (Wildman–Crippen LogP) is 3.28. The highest BCUT2D eigenvalue weighted by molar-refractivity contribution is 7.99. The molecule has 2 heterocycles. The van der Waals surface area contributed by atoms with Gasteiger partial charge in [0.1, 0.15) is 10.5 Å². The number of nitrogens with zero attached hydrogens (tertiary/aromatic N) is 1. The molecule has 0 atom stereocenters. The number of H-pyrrole nitrogens is 1. The fraction of sp³-hybridized carbons (Fsp3) is 0.143. The molecule has 4 nitrogen and oxygen atoms in total. The Kier molecular flexibility index (Phi) is 2.91. The summed E-state index contributed by atoms with van der Waals surface area (Å²) in [6, 6.07) is 9.29. The molecule has 1 aromatic carbocycles. The molecule has 0 bridgehead atoms. The van der Waals surface area contributed by atoms with Crippen molar-refractivity contribution in [2.45, 2.75) is 23.9 Å². The third-order valence-corrected chi connectivity index (χ3v) is 3.81. The second-order valence-electron chi connectivity index (χ2n) is 4.29. The maximum Gasteiger partial charge on any atom is 0.350 e. The average molecular weight is 272 g/mol. The number of aryl methyl sites for hydroxylation is 2. The summed E-state index contributed by atoms with van der Waals surface area (Å²) in [4.78, 5) is 19.9. The van der Waals surface area contributed by atoms with Crippen LogP contribution < -0.4 is 5.63 Å². The van der Waals surface area contributed by atoms with Crippen LogP contribution in [0.1, 0.15) is 11.4 Å². The molecule has 0 spiro atoms.